The molecule has 2 rings (SSSR count). The molecule has 3 nitrogen and oxygen atoms in total. The standard InChI is InChI=1S/C16H18N2OS/c1-11-5-4-6-12(2)16(11)19-10-8-15-18-13(3)14(20-15)7-9-17/h4-6H,7-8,10H2,1-3H3. The predicted octanol–water partition coefficient (Wildman–Crippen LogP) is 3.76. The third kappa shape index (κ3) is 3.37. The second-order valence-corrected chi connectivity index (χ2v) is 5.94. The lowest BCUT2D eigenvalue weighted by molar-refractivity contribution is 0.317. The predicted molar refractivity (Wildman–Crippen MR) is 81.3 cm³/mol. The fraction of sp³-hybridized carbons (Fsp3) is 0.375. The maximum atomic E-state index is 8.74. The van der Waals surface area contributed by atoms with Crippen molar-refractivity contribution in [1.82, 2.24) is 4.98 Å². The van der Waals surface area contributed by atoms with Crippen LogP contribution in [0, 0.1) is 32.1 Å². The summed E-state index contributed by atoms with van der Waals surface area (Å²) in [4.78, 5) is 5.56. The number of nitriles is 1. The Hall–Kier alpha value is -1.86. The van der Waals surface area contributed by atoms with E-state index in [4.69, 9.17) is 10.00 Å². The Kier molecular flexibility index (Phi) is 4.75. The fourth-order valence-corrected chi connectivity index (χ4v) is 3.08. The van der Waals surface area contributed by atoms with Crippen molar-refractivity contribution in [3.63, 3.8) is 0 Å². The minimum absolute atomic E-state index is 0.446. The van der Waals surface area contributed by atoms with Crippen molar-refractivity contribution in [3.8, 4) is 11.8 Å². The highest BCUT2D eigenvalue weighted by atomic mass is 32.1. The van der Waals surface area contributed by atoms with Gasteiger partial charge in [0, 0.05) is 11.3 Å². The van der Waals surface area contributed by atoms with Gasteiger partial charge in [-0.05, 0) is 31.9 Å². The number of thiazole rings is 1. The van der Waals surface area contributed by atoms with Gasteiger partial charge in [-0.3, -0.25) is 0 Å². The van der Waals surface area contributed by atoms with Gasteiger partial charge < -0.3 is 4.74 Å². The van der Waals surface area contributed by atoms with Gasteiger partial charge in [0.2, 0.25) is 0 Å². The molecule has 20 heavy (non-hydrogen) atoms. The molecule has 0 fully saturated rings. The lowest BCUT2D eigenvalue weighted by Gasteiger charge is -2.10. The van der Waals surface area contributed by atoms with Gasteiger partial charge in [-0.1, -0.05) is 18.2 Å². The summed E-state index contributed by atoms with van der Waals surface area (Å²) in [6, 6.07) is 8.32. The summed E-state index contributed by atoms with van der Waals surface area (Å²) >= 11 is 1.61. The van der Waals surface area contributed by atoms with Crippen molar-refractivity contribution in [2.75, 3.05) is 6.61 Å². The molecule has 0 amide bonds. The molecule has 0 aliphatic rings. The highest BCUT2D eigenvalue weighted by Gasteiger charge is 2.08. The zero-order valence-corrected chi connectivity index (χ0v) is 12.9. The number of nitrogens with zero attached hydrogens (tertiary/aromatic N) is 2. The second kappa shape index (κ2) is 6.53. The highest BCUT2D eigenvalue weighted by molar-refractivity contribution is 7.11. The van der Waals surface area contributed by atoms with E-state index in [1.54, 1.807) is 11.3 Å². The maximum Gasteiger partial charge on any atom is 0.125 e. The first-order valence-corrected chi connectivity index (χ1v) is 7.44. The third-order valence-corrected chi connectivity index (χ3v) is 4.36. The topological polar surface area (TPSA) is 45.9 Å². The van der Waals surface area contributed by atoms with Crippen molar-refractivity contribution >= 4 is 11.3 Å². The van der Waals surface area contributed by atoms with E-state index < -0.39 is 0 Å². The summed E-state index contributed by atoms with van der Waals surface area (Å²) in [5.74, 6) is 0.970. The fourth-order valence-electron chi connectivity index (χ4n) is 2.10. The monoisotopic (exact) mass is 286 g/mol. The Balaban J connectivity index is 1.96. The first kappa shape index (κ1) is 14.5. The van der Waals surface area contributed by atoms with E-state index in [0.29, 0.717) is 13.0 Å². The first-order valence-electron chi connectivity index (χ1n) is 6.63. The van der Waals surface area contributed by atoms with E-state index in [2.05, 4.69) is 37.0 Å². The molecule has 0 saturated carbocycles. The minimum atomic E-state index is 0.446. The van der Waals surface area contributed by atoms with E-state index in [-0.39, 0.29) is 0 Å². The van der Waals surface area contributed by atoms with Crippen LogP contribution in [0.15, 0.2) is 18.2 Å². The van der Waals surface area contributed by atoms with Gasteiger partial charge in [-0.25, -0.2) is 4.98 Å². The van der Waals surface area contributed by atoms with Gasteiger partial charge in [-0.15, -0.1) is 11.3 Å². The van der Waals surface area contributed by atoms with Crippen molar-refractivity contribution in [1.29, 1.82) is 5.26 Å². The average Bonchev–Trinajstić information content (AvgIpc) is 2.74. The molecule has 0 bridgehead atoms. The highest BCUT2D eigenvalue weighted by Crippen LogP contribution is 2.23. The normalized spacial score (nSPS) is 10.3. The van der Waals surface area contributed by atoms with E-state index in [9.17, 15) is 0 Å². The summed E-state index contributed by atoms with van der Waals surface area (Å²) in [6.07, 6.45) is 1.23. The van der Waals surface area contributed by atoms with Gasteiger partial charge in [0.25, 0.3) is 0 Å². The van der Waals surface area contributed by atoms with Crippen LogP contribution in [0.25, 0.3) is 0 Å². The number of aromatic nitrogens is 1. The molecule has 4 heteroatoms. The largest absolute Gasteiger partial charge is 0.493 e. The number of ether oxygens (including phenoxy) is 1. The Labute approximate surface area is 123 Å². The molecule has 0 radical (unpaired) electrons. The van der Waals surface area contributed by atoms with Crippen LogP contribution in [-0.2, 0) is 12.8 Å². The summed E-state index contributed by atoms with van der Waals surface area (Å²) in [6.45, 7) is 6.69. The van der Waals surface area contributed by atoms with Crippen molar-refractivity contribution in [2.24, 2.45) is 0 Å². The molecule has 0 unspecified atom stereocenters. The number of hydrogen-bond acceptors (Lipinski definition) is 4. The van der Waals surface area contributed by atoms with E-state index in [0.717, 1.165) is 38.9 Å². The Morgan fingerprint density at radius 3 is 2.60 bits per heavy atom. The molecule has 1 heterocycles. The quantitative estimate of drug-likeness (QED) is 0.840. The first-order chi connectivity index (χ1) is 9.61. The lowest BCUT2D eigenvalue weighted by Crippen LogP contribution is -2.03. The van der Waals surface area contributed by atoms with E-state index >= 15 is 0 Å². The van der Waals surface area contributed by atoms with Crippen LogP contribution in [0.3, 0.4) is 0 Å². The molecule has 0 saturated heterocycles. The maximum absolute atomic E-state index is 8.74. The molecule has 1 aromatic carbocycles. The molecule has 1 aromatic heterocycles. The van der Waals surface area contributed by atoms with Crippen molar-refractivity contribution in [3.05, 3.63) is 44.9 Å². The second-order valence-electron chi connectivity index (χ2n) is 4.77. The minimum Gasteiger partial charge on any atom is -0.493 e. The molecular formula is C16H18N2OS. The third-order valence-electron chi connectivity index (χ3n) is 3.15. The van der Waals surface area contributed by atoms with Gasteiger partial charge >= 0.3 is 0 Å². The van der Waals surface area contributed by atoms with Crippen molar-refractivity contribution in [2.45, 2.75) is 33.6 Å². The van der Waals surface area contributed by atoms with Crippen LogP contribution in [0.4, 0.5) is 0 Å². The van der Waals surface area contributed by atoms with E-state index in [1.807, 2.05) is 13.0 Å². The van der Waals surface area contributed by atoms with Crippen molar-refractivity contribution < 1.29 is 4.74 Å². The molecule has 0 aliphatic carbocycles. The van der Waals surface area contributed by atoms with Crippen LogP contribution < -0.4 is 4.74 Å². The smallest absolute Gasteiger partial charge is 0.125 e. The van der Waals surface area contributed by atoms with Crippen LogP contribution >= 0.6 is 11.3 Å². The number of hydrogen-bond donors (Lipinski definition) is 0. The Morgan fingerprint density at radius 2 is 1.95 bits per heavy atom. The summed E-state index contributed by atoms with van der Waals surface area (Å²) in [5.41, 5.74) is 3.29. The SMILES string of the molecule is Cc1cccc(C)c1OCCc1nc(C)c(CC#N)s1. The van der Waals surface area contributed by atoms with Gasteiger partial charge in [0.1, 0.15) is 5.75 Å². The number of para-hydroxylation sites is 1. The summed E-state index contributed by atoms with van der Waals surface area (Å²) in [7, 11) is 0. The molecule has 0 spiro atoms. The molecular weight excluding hydrogens is 268 g/mol. The van der Waals surface area contributed by atoms with Crippen LogP contribution in [0.5, 0.6) is 5.75 Å². The summed E-state index contributed by atoms with van der Waals surface area (Å²) < 4.78 is 5.88. The molecule has 0 N–H and O–H groups in total. The molecule has 0 aliphatic heterocycles. The van der Waals surface area contributed by atoms with Gasteiger partial charge in [0.05, 0.1) is 29.8 Å². The summed E-state index contributed by atoms with van der Waals surface area (Å²) in [5, 5.41) is 9.78. The molecule has 0 atom stereocenters. The zero-order chi connectivity index (χ0) is 14.5. The van der Waals surface area contributed by atoms with Crippen LogP contribution in [0.1, 0.15) is 26.7 Å². The number of benzene rings is 1. The van der Waals surface area contributed by atoms with Crippen LogP contribution in [0.2, 0.25) is 0 Å². The average molecular weight is 286 g/mol. The van der Waals surface area contributed by atoms with Gasteiger partial charge in [-0.2, -0.15) is 5.26 Å². The van der Waals surface area contributed by atoms with E-state index in [1.165, 1.54) is 0 Å². The Bertz CT molecular complexity index is 620. The number of rotatable bonds is 5. The Morgan fingerprint density at radius 1 is 1.25 bits per heavy atom. The van der Waals surface area contributed by atoms with Gasteiger partial charge in [0.15, 0.2) is 0 Å². The zero-order valence-electron chi connectivity index (χ0n) is 12.1. The molecule has 2 aromatic rings. The lowest BCUT2D eigenvalue weighted by atomic mass is 10.1. The van der Waals surface area contributed by atoms with Crippen LogP contribution in [-0.4, -0.2) is 11.6 Å². The molecule has 104 valence electrons. The number of aryl methyl sites for hydroxylation is 3.